The minimum Gasteiger partial charge on any atom is -0.468 e. The van der Waals surface area contributed by atoms with Gasteiger partial charge < -0.3 is 19.6 Å². The van der Waals surface area contributed by atoms with Crippen molar-refractivity contribution in [3.8, 4) is 0 Å². The lowest BCUT2D eigenvalue weighted by atomic mass is 9.96. The van der Waals surface area contributed by atoms with Gasteiger partial charge in [-0.3, -0.25) is 9.69 Å². The minimum atomic E-state index is -0.625. The predicted molar refractivity (Wildman–Crippen MR) is 98.6 cm³/mol. The average Bonchev–Trinajstić information content (AvgIpc) is 3.19. The number of hydrogen-bond acceptors (Lipinski definition) is 5. The number of nitrogens with one attached hydrogen (secondary N) is 1. The summed E-state index contributed by atoms with van der Waals surface area (Å²) in [5, 5.41) is 12.9. The van der Waals surface area contributed by atoms with Crippen LogP contribution in [0, 0.1) is 5.92 Å². The lowest BCUT2D eigenvalue weighted by Gasteiger charge is -2.30. The van der Waals surface area contributed by atoms with Crippen LogP contribution in [0.15, 0.2) is 22.8 Å². The molecule has 1 aromatic heterocycles. The maximum atomic E-state index is 12.3. The zero-order valence-electron chi connectivity index (χ0n) is 15.6. The van der Waals surface area contributed by atoms with Crippen molar-refractivity contribution in [2.45, 2.75) is 63.7 Å². The summed E-state index contributed by atoms with van der Waals surface area (Å²) in [5.74, 6) is 1.06. The lowest BCUT2D eigenvalue weighted by molar-refractivity contribution is -0.127. The molecule has 1 aromatic rings. The molecular formula is C20H32N2O4. The van der Waals surface area contributed by atoms with E-state index in [0.717, 1.165) is 51.1 Å². The first-order valence-electron chi connectivity index (χ1n) is 10.0. The molecule has 0 radical (unpaired) electrons. The van der Waals surface area contributed by atoms with Crippen molar-refractivity contribution in [3.05, 3.63) is 24.2 Å². The van der Waals surface area contributed by atoms with Gasteiger partial charge in [-0.25, -0.2) is 0 Å². The van der Waals surface area contributed by atoms with E-state index in [2.05, 4.69) is 10.2 Å². The summed E-state index contributed by atoms with van der Waals surface area (Å²) < 4.78 is 11.2. The highest BCUT2D eigenvalue weighted by Gasteiger charge is 2.25. The normalized spacial score (nSPS) is 21.6. The number of carbonyl (C=O) groups excluding carboxylic acids is 1. The molecule has 1 aliphatic carbocycles. The van der Waals surface area contributed by atoms with Gasteiger partial charge in [0.2, 0.25) is 5.91 Å². The molecule has 1 saturated heterocycles. The molecule has 1 saturated carbocycles. The molecule has 1 unspecified atom stereocenters. The third-order valence-corrected chi connectivity index (χ3v) is 5.51. The minimum absolute atomic E-state index is 0.0364. The Morgan fingerprint density at radius 2 is 2.04 bits per heavy atom. The number of hydrogen-bond donors (Lipinski definition) is 2. The summed E-state index contributed by atoms with van der Waals surface area (Å²) in [4.78, 5) is 14.6. The smallest absolute Gasteiger partial charge is 0.223 e. The van der Waals surface area contributed by atoms with Crippen LogP contribution in [0.4, 0.5) is 0 Å². The van der Waals surface area contributed by atoms with Gasteiger partial charge in [0.05, 0.1) is 31.6 Å². The Labute approximate surface area is 155 Å². The maximum Gasteiger partial charge on any atom is 0.223 e. The first-order chi connectivity index (χ1) is 12.7. The van der Waals surface area contributed by atoms with Crippen LogP contribution in [-0.4, -0.2) is 54.4 Å². The number of carbonyl (C=O) groups is 1. The molecule has 0 bridgehead atoms. The largest absolute Gasteiger partial charge is 0.468 e. The van der Waals surface area contributed by atoms with Crippen LogP contribution < -0.4 is 5.32 Å². The second-order valence-electron chi connectivity index (χ2n) is 7.62. The van der Waals surface area contributed by atoms with Crippen LogP contribution in [0.25, 0.3) is 0 Å². The van der Waals surface area contributed by atoms with Gasteiger partial charge in [0, 0.05) is 12.5 Å². The van der Waals surface area contributed by atoms with E-state index in [1.807, 2.05) is 12.1 Å². The summed E-state index contributed by atoms with van der Waals surface area (Å²) >= 11 is 0. The number of furan rings is 1. The van der Waals surface area contributed by atoms with Crippen LogP contribution in [0.2, 0.25) is 0 Å². The standard InChI is InChI=1S/C20H32N2O4/c23-17(15-26-18-5-2-1-3-6-18)13-21-20(24)16-8-10-22(11-9-16)14-19-7-4-12-25-19/h4,7,12,16-18,23H,1-3,5-6,8-11,13-15H2,(H,21,24). The Kier molecular flexibility index (Phi) is 7.53. The molecule has 3 rings (SSSR count). The Hall–Kier alpha value is -1.37. The second-order valence-corrected chi connectivity index (χ2v) is 7.62. The summed E-state index contributed by atoms with van der Waals surface area (Å²) in [7, 11) is 0. The molecule has 146 valence electrons. The van der Waals surface area contributed by atoms with Gasteiger partial charge in [-0.2, -0.15) is 0 Å². The number of rotatable bonds is 8. The van der Waals surface area contributed by atoms with E-state index in [1.165, 1.54) is 19.3 Å². The molecular weight excluding hydrogens is 332 g/mol. The molecule has 2 N–H and O–H groups in total. The summed E-state index contributed by atoms with van der Waals surface area (Å²) in [6.07, 6.45) is 8.96. The third-order valence-electron chi connectivity index (χ3n) is 5.51. The van der Waals surface area contributed by atoms with Crippen LogP contribution in [0.1, 0.15) is 50.7 Å². The highest BCUT2D eigenvalue weighted by Crippen LogP contribution is 2.21. The maximum absolute atomic E-state index is 12.3. The lowest BCUT2D eigenvalue weighted by Crippen LogP contribution is -2.43. The van der Waals surface area contributed by atoms with Gasteiger partial charge in [-0.05, 0) is 50.9 Å². The number of aliphatic hydroxyl groups excluding tert-OH is 1. The molecule has 6 nitrogen and oxygen atoms in total. The highest BCUT2D eigenvalue weighted by molar-refractivity contribution is 5.78. The van der Waals surface area contributed by atoms with Crippen LogP contribution in [-0.2, 0) is 16.1 Å². The van der Waals surface area contributed by atoms with E-state index < -0.39 is 6.10 Å². The molecule has 1 aliphatic heterocycles. The molecule has 2 fully saturated rings. The van der Waals surface area contributed by atoms with Crippen molar-refractivity contribution >= 4 is 5.91 Å². The van der Waals surface area contributed by atoms with Crippen molar-refractivity contribution < 1.29 is 19.1 Å². The molecule has 2 aliphatic rings. The van der Waals surface area contributed by atoms with Crippen molar-refractivity contribution in [1.29, 1.82) is 0 Å². The number of aliphatic hydroxyl groups is 1. The zero-order valence-corrected chi connectivity index (χ0v) is 15.6. The highest BCUT2D eigenvalue weighted by atomic mass is 16.5. The van der Waals surface area contributed by atoms with Crippen LogP contribution in [0.5, 0.6) is 0 Å². The molecule has 0 aromatic carbocycles. The monoisotopic (exact) mass is 364 g/mol. The van der Waals surface area contributed by atoms with E-state index in [0.29, 0.717) is 6.61 Å². The van der Waals surface area contributed by atoms with Gasteiger partial charge in [0.25, 0.3) is 0 Å². The second kappa shape index (κ2) is 10.1. The van der Waals surface area contributed by atoms with Gasteiger partial charge in [-0.1, -0.05) is 19.3 Å². The van der Waals surface area contributed by atoms with E-state index in [-0.39, 0.29) is 24.5 Å². The molecule has 1 atom stereocenters. The molecule has 1 amide bonds. The molecule has 26 heavy (non-hydrogen) atoms. The van der Waals surface area contributed by atoms with Gasteiger partial charge >= 0.3 is 0 Å². The summed E-state index contributed by atoms with van der Waals surface area (Å²) in [5.41, 5.74) is 0. The third kappa shape index (κ3) is 6.11. The van der Waals surface area contributed by atoms with Crippen molar-refractivity contribution in [2.24, 2.45) is 5.92 Å². The van der Waals surface area contributed by atoms with E-state index in [4.69, 9.17) is 9.15 Å². The topological polar surface area (TPSA) is 74.9 Å². The number of piperidine rings is 1. The number of nitrogens with zero attached hydrogens (tertiary/aromatic N) is 1. The fraction of sp³-hybridized carbons (Fsp3) is 0.750. The summed E-state index contributed by atoms with van der Waals surface area (Å²) in [6, 6.07) is 3.88. The van der Waals surface area contributed by atoms with Crippen LogP contribution in [0.3, 0.4) is 0 Å². The number of amides is 1. The van der Waals surface area contributed by atoms with Gasteiger partial charge in [0.15, 0.2) is 0 Å². The SMILES string of the molecule is O=C(NCC(O)COC1CCCCC1)C1CCN(Cc2ccco2)CC1. The fourth-order valence-corrected chi connectivity index (χ4v) is 3.88. The van der Waals surface area contributed by atoms with E-state index >= 15 is 0 Å². The molecule has 6 heteroatoms. The predicted octanol–water partition coefficient (Wildman–Crippen LogP) is 2.32. The van der Waals surface area contributed by atoms with Gasteiger partial charge in [0.1, 0.15) is 5.76 Å². The van der Waals surface area contributed by atoms with Gasteiger partial charge in [-0.15, -0.1) is 0 Å². The number of ether oxygens (including phenoxy) is 1. The van der Waals surface area contributed by atoms with Crippen molar-refractivity contribution in [3.63, 3.8) is 0 Å². The Bertz CT molecular complexity index is 520. The van der Waals surface area contributed by atoms with Crippen molar-refractivity contribution in [2.75, 3.05) is 26.2 Å². The zero-order chi connectivity index (χ0) is 18.2. The summed E-state index contributed by atoms with van der Waals surface area (Å²) in [6.45, 7) is 3.18. The Morgan fingerprint density at radius 1 is 1.27 bits per heavy atom. The molecule has 2 heterocycles. The Morgan fingerprint density at radius 3 is 2.73 bits per heavy atom. The Balaban J connectivity index is 1.28. The number of likely N-dealkylation sites (tertiary alicyclic amines) is 1. The van der Waals surface area contributed by atoms with E-state index in [9.17, 15) is 9.90 Å². The quantitative estimate of drug-likeness (QED) is 0.740. The van der Waals surface area contributed by atoms with Crippen LogP contribution >= 0.6 is 0 Å². The first kappa shape index (κ1) is 19.4. The average molecular weight is 364 g/mol. The van der Waals surface area contributed by atoms with E-state index in [1.54, 1.807) is 6.26 Å². The fourth-order valence-electron chi connectivity index (χ4n) is 3.88. The first-order valence-corrected chi connectivity index (χ1v) is 10.0. The molecule has 0 spiro atoms. The van der Waals surface area contributed by atoms with Crippen molar-refractivity contribution in [1.82, 2.24) is 10.2 Å².